The Morgan fingerprint density at radius 3 is 2.79 bits per heavy atom. The zero-order valence-corrected chi connectivity index (χ0v) is 10.6. The molecule has 0 aliphatic carbocycles. The number of aliphatic hydroxyl groups excluding tert-OH is 1. The maximum atomic E-state index is 11.9. The maximum Gasteiger partial charge on any atom is 0.404 e. The first-order chi connectivity index (χ1) is 8.93. The van der Waals surface area contributed by atoms with E-state index in [1.54, 1.807) is 0 Å². The highest BCUT2D eigenvalue weighted by molar-refractivity contribution is 8.04. The molecule has 2 heterocycles. The molecule has 0 aromatic heterocycles. The van der Waals surface area contributed by atoms with Gasteiger partial charge in [-0.05, 0) is 6.42 Å². The normalized spacial score (nSPS) is 28.5. The Bertz CT molecular complexity index is 479. The number of nitrogens with two attached hydrogens (primary N) is 1. The molecule has 2 rings (SSSR count). The Morgan fingerprint density at radius 1 is 1.58 bits per heavy atom. The second-order valence-electron chi connectivity index (χ2n) is 4.14. The molecular weight excluding hydrogens is 276 g/mol. The first-order valence-corrected chi connectivity index (χ1v) is 6.28. The number of thioether (sulfide) groups is 1. The van der Waals surface area contributed by atoms with Crippen LogP contribution >= 0.6 is 11.8 Å². The molecule has 2 aliphatic heterocycles. The molecule has 8 nitrogen and oxygen atoms in total. The second kappa shape index (κ2) is 4.74. The average molecular weight is 288 g/mol. The molecule has 0 saturated carbocycles. The number of rotatable bonds is 5. The van der Waals surface area contributed by atoms with Gasteiger partial charge in [-0.1, -0.05) is 11.8 Å². The summed E-state index contributed by atoms with van der Waals surface area (Å²) in [5.41, 5.74) is 3.22. The van der Waals surface area contributed by atoms with Crippen molar-refractivity contribution in [2.75, 3.05) is 13.2 Å². The summed E-state index contributed by atoms with van der Waals surface area (Å²) in [6, 6.07) is 0. The third-order valence-corrected chi connectivity index (χ3v) is 4.46. The van der Waals surface area contributed by atoms with Crippen molar-refractivity contribution < 1.29 is 29.3 Å². The van der Waals surface area contributed by atoms with Crippen LogP contribution in [0.1, 0.15) is 6.42 Å². The smallest absolute Gasteiger partial charge is 0.404 e. The van der Waals surface area contributed by atoms with E-state index in [-0.39, 0.29) is 13.0 Å². The highest BCUT2D eigenvalue weighted by atomic mass is 32.2. The van der Waals surface area contributed by atoms with Crippen LogP contribution in [0, 0.1) is 5.41 Å². The summed E-state index contributed by atoms with van der Waals surface area (Å²) < 4.78 is 4.59. The lowest BCUT2D eigenvalue weighted by atomic mass is 9.75. The lowest BCUT2D eigenvalue weighted by molar-refractivity contribution is -0.176. The van der Waals surface area contributed by atoms with Crippen LogP contribution in [0.2, 0.25) is 0 Å². The van der Waals surface area contributed by atoms with Gasteiger partial charge in [-0.3, -0.25) is 9.59 Å². The van der Waals surface area contributed by atoms with Crippen LogP contribution in [0.15, 0.2) is 11.1 Å². The van der Waals surface area contributed by atoms with Gasteiger partial charge in [0.15, 0.2) is 5.41 Å². The van der Waals surface area contributed by atoms with Crippen molar-refractivity contribution >= 4 is 29.7 Å². The van der Waals surface area contributed by atoms with Crippen LogP contribution in [-0.4, -0.2) is 51.7 Å². The number of aliphatic carboxylic acids is 1. The minimum absolute atomic E-state index is 0.102. The van der Waals surface area contributed by atoms with E-state index in [0.29, 0.717) is 4.91 Å². The van der Waals surface area contributed by atoms with Gasteiger partial charge in [-0.25, -0.2) is 4.79 Å². The molecule has 2 amide bonds. The minimum Gasteiger partial charge on any atom is -0.480 e. The highest BCUT2D eigenvalue weighted by Gasteiger charge is 2.67. The summed E-state index contributed by atoms with van der Waals surface area (Å²) in [4.78, 5) is 35.5. The summed E-state index contributed by atoms with van der Waals surface area (Å²) >= 11 is 1.12. The zero-order chi connectivity index (χ0) is 14.2. The number of amides is 2. The lowest BCUT2D eigenvalue weighted by Gasteiger charge is -2.48. The Labute approximate surface area is 112 Å². The molecule has 0 spiro atoms. The molecule has 0 bridgehead atoms. The van der Waals surface area contributed by atoms with Gasteiger partial charge >= 0.3 is 12.1 Å². The summed E-state index contributed by atoms with van der Waals surface area (Å²) in [7, 11) is 0. The van der Waals surface area contributed by atoms with Crippen LogP contribution < -0.4 is 5.73 Å². The van der Waals surface area contributed by atoms with Gasteiger partial charge < -0.3 is 25.6 Å². The maximum absolute atomic E-state index is 11.9. The number of hydrogen-bond acceptors (Lipinski definition) is 6. The van der Waals surface area contributed by atoms with E-state index < -0.39 is 35.4 Å². The SMILES string of the molecule is NC(=O)OCC1=CN2C(=O)[C@@](CCO)(C(=O)O)[C@H]2S1. The number of fused-ring (bicyclic) bond motifs is 1. The predicted molar refractivity (Wildman–Crippen MR) is 63.6 cm³/mol. The molecular formula is C10H12N2O6S. The van der Waals surface area contributed by atoms with Crippen LogP contribution in [0.3, 0.4) is 0 Å². The molecule has 4 N–H and O–H groups in total. The summed E-state index contributed by atoms with van der Waals surface area (Å²) in [5.74, 6) is -1.83. The molecule has 104 valence electrons. The van der Waals surface area contributed by atoms with Crippen LogP contribution in [0.5, 0.6) is 0 Å². The van der Waals surface area contributed by atoms with Crippen LogP contribution in [0.25, 0.3) is 0 Å². The number of hydrogen-bond donors (Lipinski definition) is 3. The molecule has 9 heteroatoms. The molecule has 0 radical (unpaired) electrons. The topological polar surface area (TPSA) is 130 Å². The van der Waals surface area contributed by atoms with Crippen molar-refractivity contribution in [2.45, 2.75) is 11.8 Å². The van der Waals surface area contributed by atoms with E-state index in [1.807, 2.05) is 0 Å². The number of carbonyl (C=O) groups excluding carboxylic acids is 2. The molecule has 2 aliphatic rings. The fraction of sp³-hybridized carbons (Fsp3) is 0.500. The van der Waals surface area contributed by atoms with Gasteiger partial charge in [0, 0.05) is 17.7 Å². The van der Waals surface area contributed by atoms with Crippen molar-refractivity contribution in [1.29, 1.82) is 0 Å². The number of β-lactam (4-membered cyclic amide) rings is 1. The molecule has 1 saturated heterocycles. The second-order valence-corrected chi connectivity index (χ2v) is 5.34. The third kappa shape index (κ3) is 1.94. The lowest BCUT2D eigenvalue weighted by Crippen LogP contribution is -2.67. The largest absolute Gasteiger partial charge is 0.480 e. The highest BCUT2D eigenvalue weighted by Crippen LogP contribution is 2.54. The van der Waals surface area contributed by atoms with Gasteiger partial charge in [0.2, 0.25) is 5.91 Å². The van der Waals surface area contributed by atoms with Crippen molar-refractivity contribution in [1.82, 2.24) is 4.90 Å². The number of carbonyl (C=O) groups is 3. The fourth-order valence-electron chi connectivity index (χ4n) is 2.15. The Balaban J connectivity index is 2.11. The minimum atomic E-state index is -1.61. The van der Waals surface area contributed by atoms with E-state index in [1.165, 1.54) is 11.1 Å². The third-order valence-electron chi connectivity index (χ3n) is 3.08. The van der Waals surface area contributed by atoms with E-state index in [0.717, 1.165) is 11.8 Å². The average Bonchev–Trinajstić information content (AvgIpc) is 2.73. The van der Waals surface area contributed by atoms with Crippen molar-refractivity contribution in [3.05, 3.63) is 11.1 Å². The van der Waals surface area contributed by atoms with Crippen molar-refractivity contribution in [3.8, 4) is 0 Å². The van der Waals surface area contributed by atoms with Crippen LogP contribution in [0.4, 0.5) is 4.79 Å². The van der Waals surface area contributed by atoms with E-state index >= 15 is 0 Å². The molecule has 0 aromatic carbocycles. The van der Waals surface area contributed by atoms with E-state index in [9.17, 15) is 19.5 Å². The first kappa shape index (κ1) is 13.7. The molecule has 0 unspecified atom stereocenters. The Morgan fingerprint density at radius 2 is 2.26 bits per heavy atom. The summed E-state index contributed by atoms with van der Waals surface area (Å²) in [6.07, 6.45) is 0.355. The number of carboxylic acids is 1. The Kier molecular flexibility index (Phi) is 3.42. The molecule has 0 aromatic rings. The van der Waals surface area contributed by atoms with Gasteiger partial charge in [0.05, 0.1) is 0 Å². The zero-order valence-electron chi connectivity index (χ0n) is 9.74. The molecule has 2 atom stereocenters. The number of aliphatic hydroxyl groups is 1. The first-order valence-electron chi connectivity index (χ1n) is 5.40. The van der Waals surface area contributed by atoms with E-state index in [4.69, 9.17) is 10.8 Å². The Hall–Kier alpha value is -1.74. The number of nitrogens with zero attached hydrogens (tertiary/aromatic N) is 1. The van der Waals surface area contributed by atoms with Crippen molar-refractivity contribution in [3.63, 3.8) is 0 Å². The fourth-order valence-corrected chi connectivity index (χ4v) is 3.53. The van der Waals surface area contributed by atoms with Crippen molar-refractivity contribution in [2.24, 2.45) is 11.1 Å². The standard InChI is InChI=1S/C10H12N2O6S/c11-9(17)18-4-5-3-12-6(14)10(1-2-13,8(15)16)7(12)19-5/h3,7,13H,1-2,4H2,(H2,11,17)(H,15,16)/t7-,10-/m1/s1. The number of carboxylic acid groups (broad SMARTS) is 1. The monoisotopic (exact) mass is 288 g/mol. The predicted octanol–water partition coefficient (Wildman–Crippen LogP) is -0.708. The van der Waals surface area contributed by atoms with Gasteiger partial charge in [0.25, 0.3) is 0 Å². The summed E-state index contributed by atoms with van der Waals surface area (Å²) in [6.45, 7) is -0.495. The molecule has 1 fully saturated rings. The number of ether oxygens (including phenoxy) is 1. The van der Waals surface area contributed by atoms with Crippen LogP contribution in [-0.2, 0) is 14.3 Å². The van der Waals surface area contributed by atoms with Gasteiger partial charge in [-0.15, -0.1) is 0 Å². The van der Waals surface area contributed by atoms with Gasteiger partial charge in [-0.2, -0.15) is 0 Å². The molecule has 19 heavy (non-hydrogen) atoms. The quantitative estimate of drug-likeness (QED) is 0.450. The van der Waals surface area contributed by atoms with E-state index in [2.05, 4.69) is 4.74 Å². The summed E-state index contributed by atoms with van der Waals surface area (Å²) in [5, 5.41) is 17.6. The number of primary amides is 1. The van der Waals surface area contributed by atoms with Gasteiger partial charge in [0.1, 0.15) is 12.0 Å².